The van der Waals surface area contributed by atoms with Crippen molar-refractivity contribution in [3.05, 3.63) is 54.5 Å². The number of carbonyl (C=O) groups excluding carboxylic acids is 1. The molecule has 2 aromatic heterocycles. The van der Waals surface area contributed by atoms with E-state index in [1.807, 2.05) is 23.1 Å². The zero-order valence-corrected chi connectivity index (χ0v) is 14.0. The highest BCUT2D eigenvalue weighted by molar-refractivity contribution is 5.94. The van der Waals surface area contributed by atoms with Crippen molar-refractivity contribution in [3.63, 3.8) is 0 Å². The minimum absolute atomic E-state index is 0.0620. The molecule has 1 aliphatic heterocycles. The van der Waals surface area contributed by atoms with Gasteiger partial charge in [-0.15, -0.1) is 0 Å². The van der Waals surface area contributed by atoms with Gasteiger partial charge in [-0.25, -0.2) is 4.98 Å². The van der Waals surface area contributed by atoms with Gasteiger partial charge in [0.25, 0.3) is 5.91 Å². The van der Waals surface area contributed by atoms with Crippen molar-refractivity contribution in [2.45, 2.75) is 25.0 Å². The van der Waals surface area contributed by atoms with Crippen LogP contribution in [0.1, 0.15) is 23.2 Å². The Morgan fingerprint density at radius 3 is 2.88 bits per heavy atom. The normalized spacial score (nSPS) is 25.4. The van der Waals surface area contributed by atoms with E-state index < -0.39 is 0 Å². The summed E-state index contributed by atoms with van der Waals surface area (Å²) in [4.78, 5) is 23.0. The number of aromatic nitrogens is 2. The molecular formula is C19H21N3O3. The Balaban J connectivity index is 1.41. The van der Waals surface area contributed by atoms with Crippen molar-refractivity contribution in [3.8, 4) is 5.88 Å². The fourth-order valence-electron chi connectivity index (χ4n) is 3.73. The Labute approximate surface area is 146 Å². The molecule has 0 bridgehead atoms. The van der Waals surface area contributed by atoms with Crippen LogP contribution >= 0.6 is 0 Å². The van der Waals surface area contributed by atoms with E-state index >= 15 is 0 Å². The van der Waals surface area contributed by atoms with E-state index in [9.17, 15) is 4.79 Å². The molecule has 0 spiro atoms. The van der Waals surface area contributed by atoms with Gasteiger partial charge in [-0.3, -0.25) is 9.78 Å². The summed E-state index contributed by atoms with van der Waals surface area (Å²) < 4.78 is 11.7. The zero-order chi connectivity index (χ0) is 17.1. The van der Waals surface area contributed by atoms with Crippen LogP contribution in [-0.2, 0) is 4.74 Å². The second-order valence-corrected chi connectivity index (χ2v) is 6.53. The first-order valence-corrected chi connectivity index (χ1v) is 8.67. The third kappa shape index (κ3) is 3.49. The van der Waals surface area contributed by atoms with Crippen LogP contribution in [0.15, 0.2) is 48.9 Å². The summed E-state index contributed by atoms with van der Waals surface area (Å²) in [5, 5.41) is 0. The molecule has 130 valence electrons. The summed E-state index contributed by atoms with van der Waals surface area (Å²) in [6.45, 7) is 1.83. The molecule has 1 aliphatic carbocycles. The molecule has 1 saturated carbocycles. The molecule has 3 atom stereocenters. The average Bonchev–Trinajstić information content (AvgIpc) is 3.10. The lowest BCUT2D eigenvalue weighted by Gasteiger charge is -2.37. The Hall–Kier alpha value is -2.47. The highest BCUT2D eigenvalue weighted by Crippen LogP contribution is 2.35. The maximum atomic E-state index is 12.8. The summed E-state index contributed by atoms with van der Waals surface area (Å²) in [7, 11) is 0. The van der Waals surface area contributed by atoms with E-state index in [1.54, 1.807) is 30.7 Å². The smallest absolute Gasteiger partial charge is 0.254 e. The first kappa shape index (κ1) is 16.0. The lowest BCUT2D eigenvalue weighted by molar-refractivity contribution is -0.0448. The fraction of sp³-hybridized carbons (Fsp3) is 0.421. The molecule has 0 aromatic carbocycles. The Kier molecular flexibility index (Phi) is 4.61. The summed E-state index contributed by atoms with van der Waals surface area (Å²) in [5.74, 6) is 1.07. The number of amides is 1. The first-order valence-electron chi connectivity index (χ1n) is 8.67. The van der Waals surface area contributed by atoms with Crippen molar-refractivity contribution in [1.29, 1.82) is 0 Å². The van der Waals surface area contributed by atoms with Crippen LogP contribution in [0, 0.1) is 5.92 Å². The molecule has 0 N–H and O–H groups in total. The number of fused-ring (bicyclic) bond motifs is 1. The third-order valence-corrected chi connectivity index (χ3v) is 4.93. The molecule has 6 heteroatoms. The highest BCUT2D eigenvalue weighted by Gasteiger charge is 2.43. The second kappa shape index (κ2) is 7.19. The molecule has 2 aromatic rings. The van der Waals surface area contributed by atoms with Gasteiger partial charge in [-0.1, -0.05) is 6.07 Å². The van der Waals surface area contributed by atoms with Crippen molar-refractivity contribution < 1.29 is 14.3 Å². The number of rotatable bonds is 4. The third-order valence-electron chi connectivity index (χ3n) is 4.93. The lowest BCUT2D eigenvalue weighted by atomic mass is 10.1. The summed E-state index contributed by atoms with van der Waals surface area (Å²) in [5.41, 5.74) is 0.684. The molecule has 6 nitrogen and oxygen atoms in total. The Morgan fingerprint density at radius 2 is 2.08 bits per heavy atom. The van der Waals surface area contributed by atoms with Gasteiger partial charge in [0.2, 0.25) is 5.88 Å². The largest absolute Gasteiger partial charge is 0.477 e. The molecule has 2 aliphatic rings. The zero-order valence-electron chi connectivity index (χ0n) is 14.0. The number of morpholine rings is 1. The van der Waals surface area contributed by atoms with Crippen LogP contribution in [0.3, 0.4) is 0 Å². The molecule has 3 heterocycles. The quantitative estimate of drug-likeness (QED) is 0.854. The second-order valence-electron chi connectivity index (χ2n) is 6.53. The number of nitrogens with zero attached hydrogens (tertiary/aromatic N) is 3. The fourth-order valence-corrected chi connectivity index (χ4v) is 3.73. The SMILES string of the molecule is O=C(c1ccncc1)N1CCO[C@@H]2C[C@H](COc3ccccn3)C[C@H]21. The van der Waals surface area contributed by atoms with Gasteiger partial charge in [-0.2, -0.15) is 0 Å². The van der Waals surface area contributed by atoms with Crippen LogP contribution in [0.25, 0.3) is 0 Å². The molecule has 25 heavy (non-hydrogen) atoms. The standard InChI is InChI=1S/C19H21N3O3/c23-19(15-4-7-20-8-5-15)22-9-10-24-17-12-14(11-16(17)22)13-25-18-3-1-2-6-21-18/h1-8,14,16-17H,9-13H2/t14-,16-,17-/m1/s1. The van der Waals surface area contributed by atoms with E-state index in [4.69, 9.17) is 9.47 Å². The summed E-state index contributed by atoms with van der Waals surface area (Å²) in [6.07, 6.45) is 6.94. The summed E-state index contributed by atoms with van der Waals surface area (Å²) >= 11 is 0. The van der Waals surface area contributed by atoms with Crippen LogP contribution in [0.2, 0.25) is 0 Å². The first-order chi connectivity index (χ1) is 12.3. The van der Waals surface area contributed by atoms with Crippen LogP contribution in [-0.4, -0.2) is 52.7 Å². The van der Waals surface area contributed by atoms with Crippen molar-refractivity contribution in [1.82, 2.24) is 14.9 Å². The number of ether oxygens (including phenoxy) is 2. The predicted molar refractivity (Wildman–Crippen MR) is 91.3 cm³/mol. The molecule has 1 saturated heterocycles. The van der Waals surface area contributed by atoms with Crippen molar-refractivity contribution in [2.75, 3.05) is 19.8 Å². The van der Waals surface area contributed by atoms with Crippen LogP contribution < -0.4 is 4.74 Å². The molecule has 2 fully saturated rings. The van der Waals surface area contributed by atoms with Gasteiger partial charge in [0.1, 0.15) is 0 Å². The van der Waals surface area contributed by atoms with E-state index in [0.717, 1.165) is 12.8 Å². The van der Waals surface area contributed by atoms with E-state index in [-0.39, 0.29) is 18.1 Å². The lowest BCUT2D eigenvalue weighted by Crippen LogP contribution is -2.51. The minimum atomic E-state index is 0.0620. The van der Waals surface area contributed by atoms with Gasteiger partial charge in [0, 0.05) is 36.8 Å². The van der Waals surface area contributed by atoms with Crippen molar-refractivity contribution in [2.24, 2.45) is 5.92 Å². The van der Waals surface area contributed by atoms with Gasteiger partial charge in [0.15, 0.2) is 0 Å². The molecular weight excluding hydrogens is 318 g/mol. The van der Waals surface area contributed by atoms with E-state index in [2.05, 4.69) is 9.97 Å². The maximum Gasteiger partial charge on any atom is 0.254 e. The number of pyridine rings is 2. The Morgan fingerprint density at radius 1 is 1.20 bits per heavy atom. The van der Waals surface area contributed by atoms with Crippen LogP contribution in [0.4, 0.5) is 0 Å². The van der Waals surface area contributed by atoms with Gasteiger partial charge in [0.05, 0.1) is 25.4 Å². The number of hydrogen-bond acceptors (Lipinski definition) is 5. The van der Waals surface area contributed by atoms with Gasteiger partial charge >= 0.3 is 0 Å². The van der Waals surface area contributed by atoms with E-state index in [0.29, 0.717) is 37.1 Å². The number of carbonyl (C=O) groups is 1. The van der Waals surface area contributed by atoms with Crippen molar-refractivity contribution >= 4 is 5.91 Å². The van der Waals surface area contributed by atoms with Gasteiger partial charge < -0.3 is 14.4 Å². The molecule has 1 amide bonds. The summed E-state index contributed by atoms with van der Waals surface area (Å²) in [6, 6.07) is 9.29. The highest BCUT2D eigenvalue weighted by atomic mass is 16.5. The monoisotopic (exact) mass is 339 g/mol. The van der Waals surface area contributed by atoms with Crippen LogP contribution in [0.5, 0.6) is 5.88 Å². The topological polar surface area (TPSA) is 64.6 Å². The van der Waals surface area contributed by atoms with E-state index in [1.165, 1.54) is 0 Å². The average molecular weight is 339 g/mol. The maximum absolute atomic E-state index is 12.8. The number of hydrogen-bond donors (Lipinski definition) is 0. The Bertz CT molecular complexity index is 710. The molecule has 0 unspecified atom stereocenters. The predicted octanol–water partition coefficient (Wildman–Crippen LogP) is 2.18. The molecule has 0 radical (unpaired) electrons. The minimum Gasteiger partial charge on any atom is -0.477 e. The van der Waals surface area contributed by atoms with Gasteiger partial charge in [-0.05, 0) is 37.0 Å². The molecule has 4 rings (SSSR count).